The lowest BCUT2D eigenvalue weighted by Crippen LogP contribution is -2.48. The minimum Gasteiger partial charge on any atom is -0.355 e. The molecular weight excluding hydrogens is 796 g/mol. The van der Waals surface area contributed by atoms with Gasteiger partial charge in [0, 0.05) is 33.4 Å². The third-order valence-corrected chi connectivity index (χ3v) is 18.4. The van der Waals surface area contributed by atoms with Crippen LogP contribution in [0.4, 0.5) is 11.4 Å². The Bertz CT molecular complexity index is 3420. The van der Waals surface area contributed by atoms with Gasteiger partial charge in [0.15, 0.2) is 0 Å². The summed E-state index contributed by atoms with van der Waals surface area (Å²) in [5.41, 5.74) is 21.6. The van der Waals surface area contributed by atoms with E-state index in [2.05, 4.69) is 203 Å². The number of nitrogens with one attached hydrogen (secondary N) is 1. The highest BCUT2D eigenvalue weighted by atomic mass is 15.0. The molecule has 2 heterocycles. The fourth-order valence-corrected chi connectivity index (χ4v) is 13.7. The summed E-state index contributed by atoms with van der Waals surface area (Å²) < 4.78 is 2.72. The Morgan fingerprint density at radius 2 is 0.970 bits per heavy atom. The molecule has 8 aromatic rings. The van der Waals surface area contributed by atoms with Crippen molar-refractivity contribution in [3.8, 4) is 16.8 Å². The Kier molecular flexibility index (Phi) is 8.58. The van der Waals surface area contributed by atoms with Crippen LogP contribution >= 0.6 is 0 Å². The molecule has 3 aliphatic carbocycles. The first-order valence-corrected chi connectivity index (χ1v) is 25.3. The van der Waals surface area contributed by atoms with Crippen molar-refractivity contribution in [3.63, 3.8) is 0 Å². The Hall–Kier alpha value is -5.28. The van der Waals surface area contributed by atoms with Crippen LogP contribution in [0.25, 0.3) is 60.2 Å². The van der Waals surface area contributed by atoms with Crippen LogP contribution in [-0.4, -0.2) is 11.3 Å². The zero-order valence-electron chi connectivity index (χ0n) is 42.1. The van der Waals surface area contributed by atoms with Crippen molar-refractivity contribution in [2.24, 2.45) is 0 Å². The van der Waals surface area contributed by atoms with Crippen molar-refractivity contribution >= 4 is 72.4 Å². The maximum absolute atomic E-state index is 4.23. The maximum atomic E-state index is 4.23. The summed E-state index contributed by atoms with van der Waals surface area (Å²) >= 11 is 0. The van der Waals surface area contributed by atoms with Crippen LogP contribution in [0.15, 0.2) is 103 Å². The minimum atomic E-state index is 0.0430. The number of benzene rings is 7. The number of fused-ring (bicyclic) bond motifs is 11. The average molecular weight is 865 g/mol. The van der Waals surface area contributed by atoms with Gasteiger partial charge in [-0.05, 0) is 179 Å². The Labute approximate surface area is 394 Å². The molecule has 4 aliphatic rings. The fraction of sp³-hybridized carbons (Fsp3) is 0.397. The first-order chi connectivity index (χ1) is 31.1. The largest absolute Gasteiger partial charge is 0.355 e. The van der Waals surface area contributed by atoms with Crippen LogP contribution in [0.1, 0.15) is 155 Å². The lowest BCUT2D eigenvalue weighted by Gasteiger charge is -2.43. The second kappa shape index (κ2) is 13.5. The van der Waals surface area contributed by atoms with Crippen LogP contribution in [0.5, 0.6) is 0 Å². The van der Waals surface area contributed by atoms with E-state index in [4.69, 9.17) is 0 Å². The van der Waals surface area contributed by atoms with Gasteiger partial charge in [0.25, 0.3) is 0 Å². The first kappa shape index (κ1) is 42.1. The molecule has 1 aromatic heterocycles. The lowest BCUT2D eigenvalue weighted by molar-refractivity contribution is 0.332. The van der Waals surface area contributed by atoms with Gasteiger partial charge in [-0.2, -0.15) is 0 Å². The van der Waals surface area contributed by atoms with E-state index in [1.54, 1.807) is 0 Å². The van der Waals surface area contributed by atoms with Gasteiger partial charge in [-0.1, -0.05) is 156 Å². The van der Waals surface area contributed by atoms with Crippen LogP contribution in [-0.2, 0) is 32.5 Å². The molecule has 0 saturated carbocycles. The van der Waals surface area contributed by atoms with Crippen LogP contribution < -0.4 is 16.2 Å². The Balaban J connectivity index is 1.23. The summed E-state index contributed by atoms with van der Waals surface area (Å²) in [5.74, 6) is 0. The average Bonchev–Trinajstić information content (AvgIpc) is 3.60. The second-order valence-corrected chi connectivity index (χ2v) is 25.4. The predicted molar refractivity (Wildman–Crippen MR) is 288 cm³/mol. The standard InChI is InChI=1S/C63H69BN2/c1-58(2)24-25-59(3,4)45-32-39(22-23-44(45)58)65-51-35-48-46(60(5,6)26-28-62(48,9)10)33-42(51)54-40-20-16-17-21-41(40)55-43-30-37-18-14-15-19-38(37)31-52(43)66-53-36-49-47(61(7,8)27-29-63(49,11)12)34-50(53)64(13)56(54)57(55)66/h14-23,30-36,65H,24-29H2,1-13H3. The summed E-state index contributed by atoms with van der Waals surface area (Å²) in [7, 11) is 0. The normalized spacial score (nSPS) is 20.2. The molecule has 0 spiro atoms. The molecule has 66 heavy (non-hydrogen) atoms. The zero-order valence-corrected chi connectivity index (χ0v) is 42.1. The van der Waals surface area contributed by atoms with Gasteiger partial charge in [0.05, 0.1) is 11.0 Å². The Morgan fingerprint density at radius 1 is 0.470 bits per heavy atom. The SMILES string of the molecule is CB1c2cc3c(cc2-n2c4cc5ccccc5cc4c4c5ccccc5c(-c5cc6c(cc5Nc5ccc7c(c5)C(C)(C)CCC7(C)C)C(C)(C)CCC6(C)C)c1c42)C(C)(C)CCC3(C)C. The molecule has 3 heteroatoms. The molecule has 2 nitrogen and oxygen atoms in total. The number of rotatable bonds is 3. The third kappa shape index (κ3) is 5.86. The molecule has 0 radical (unpaired) electrons. The highest BCUT2D eigenvalue weighted by molar-refractivity contribution is 6.89. The molecule has 0 atom stereocenters. The number of anilines is 2. The van der Waals surface area contributed by atoms with E-state index in [1.165, 1.54) is 154 Å². The van der Waals surface area contributed by atoms with Gasteiger partial charge in [-0.3, -0.25) is 0 Å². The quantitative estimate of drug-likeness (QED) is 0.175. The summed E-state index contributed by atoms with van der Waals surface area (Å²) in [4.78, 5) is 0. The molecule has 0 bridgehead atoms. The third-order valence-electron chi connectivity index (χ3n) is 18.4. The molecule has 334 valence electrons. The molecule has 7 aromatic carbocycles. The monoisotopic (exact) mass is 865 g/mol. The van der Waals surface area contributed by atoms with Crippen LogP contribution in [0, 0.1) is 0 Å². The fourth-order valence-electron chi connectivity index (χ4n) is 13.7. The van der Waals surface area contributed by atoms with Gasteiger partial charge in [0.1, 0.15) is 0 Å². The van der Waals surface area contributed by atoms with E-state index >= 15 is 0 Å². The smallest absolute Gasteiger partial charge is 0.212 e. The van der Waals surface area contributed by atoms with Gasteiger partial charge >= 0.3 is 0 Å². The van der Waals surface area contributed by atoms with Crippen molar-refractivity contribution < 1.29 is 0 Å². The number of hydrogen-bond donors (Lipinski definition) is 1. The van der Waals surface area contributed by atoms with Crippen LogP contribution in [0.3, 0.4) is 0 Å². The summed E-state index contributed by atoms with van der Waals surface area (Å²) in [6.45, 7) is 32.3. The highest BCUT2D eigenvalue weighted by Gasteiger charge is 2.43. The van der Waals surface area contributed by atoms with Crippen molar-refractivity contribution in [3.05, 3.63) is 137 Å². The lowest BCUT2D eigenvalue weighted by atomic mass is 9.39. The number of nitrogens with zero attached hydrogens (tertiary/aromatic N) is 1. The minimum absolute atomic E-state index is 0.0430. The molecule has 0 amide bonds. The van der Waals surface area contributed by atoms with Gasteiger partial charge in [0.2, 0.25) is 6.71 Å². The number of aromatic nitrogens is 1. The predicted octanol–water partition coefficient (Wildman–Crippen LogP) is 16.1. The Morgan fingerprint density at radius 3 is 1.59 bits per heavy atom. The van der Waals surface area contributed by atoms with Crippen molar-refractivity contribution in [2.45, 2.75) is 161 Å². The topological polar surface area (TPSA) is 17.0 Å². The number of hydrogen-bond acceptors (Lipinski definition) is 1. The molecule has 0 fully saturated rings. The van der Waals surface area contributed by atoms with Crippen molar-refractivity contribution in [1.82, 2.24) is 4.57 Å². The van der Waals surface area contributed by atoms with E-state index in [0.717, 1.165) is 0 Å². The van der Waals surface area contributed by atoms with E-state index < -0.39 is 0 Å². The van der Waals surface area contributed by atoms with Crippen molar-refractivity contribution in [1.29, 1.82) is 0 Å². The summed E-state index contributed by atoms with van der Waals surface area (Å²) in [5, 5.41) is 12.2. The molecule has 0 unspecified atom stereocenters. The van der Waals surface area contributed by atoms with Crippen molar-refractivity contribution in [2.75, 3.05) is 5.32 Å². The van der Waals surface area contributed by atoms with E-state index in [9.17, 15) is 0 Å². The molecule has 1 N–H and O–H groups in total. The molecule has 12 rings (SSSR count). The van der Waals surface area contributed by atoms with Gasteiger partial charge in [-0.15, -0.1) is 0 Å². The highest BCUT2D eigenvalue weighted by Crippen LogP contribution is 2.53. The summed E-state index contributed by atoms with van der Waals surface area (Å²) in [6, 6.07) is 41.3. The van der Waals surface area contributed by atoms with E-state index in [0.29, 0.717) is 0 Å². The van der Waals surface area contributed by atoms with Gasteiger partial charge < -0.3 is 9.88 Å². The molecule has 1 aliphatic heterocycles. The maximum Gasteiger partial charge on any atom is 0.212 e. The molecular formula is C63H69BN2. The van der Waals surface area contributed by atoms with E-state index in [1.807, 2.05) is 0 Å². The van der Waals surface area contributed by atoms with E-state index in [-0.39, 0.29) is 39.2 Å². The first-order valence-electron chi connectivity index (χ1n) is 25.3. The summed E-state index contributed by atoms with van der Waals surface area (Å²) in [6.07, 6.45) is 7.14. The molecule has 0 saturated heterocycles. The van der Waals surface area contributed by atoms with Crippen LogP contribution in [0.2, 0.25) is 6.82 Å². The zero-order chi connectivity index (χ0) is 46.2. The second-order valence-electron chi connectivity index (χ2n) is 25.4. The van der Waals surface area contributed by atoms with Gasteiger partial charge in [-0.25, -0.2) is 0 Å².